The van der Waals surface area contributed by atoms with Gasteiger partial charge in [0.05, 0.1) is 0 Å². The lowest BCUT2D eigenvalue weighted by atomic mass is 10.1. The highest BCUT2D eigenvalue weighted by Gasteiger charge is 2.13. The zero-order valence-corrected chi connectivity index (χ0v) is 14.1. The summed E-state index contributed by atoms with van der Waals surface area (Å²) in [6, 6.07) is 6.80. The van der Waals surface area contributed by atoms with E-state index in [0.29, 0.717) is 32.0 Å². The fourth-order valence-corrected chi connectivity index (χ4v) is 2.95. The Morgan fingerprint density at radius 1 is 1.18 bits per heavy atom. The number of rotatable bonds is 2. The van der Waals surface area contributed by atoms with Crippen molar-refractivity contribution in [3.63, 3.8) is 0 Å². The van der Waals surface area contributed by atoms with Crippen LogP contribution in [0, 0.1) is 0 Å². The molecule has 22 heavy (non-hydrogen) atoms. The Morgan fingerprint density at radius 3 is 2.68 bits per heavy atom. The number of aryl methyl sites for hydroxylation is 1. The van der Waals surface area contributed by atoms with Gasteiger partial charge in [-0.2, -0.15) is 0 Å². The molecule has 7 heteroatoms. The third kappa shape index (κ3) is 2.60. The Kier molecular flexibility index (Phi) is 4.12. The van der Waals surface area contributed by atoms with E-state index in [0.717, 1.165) is 5.39 Å². The minimum Gasteiger partial charge on any atom is -0.295 e. The van der Waals surface area contributed by atoms with Crippen molar-refractivity contribution in [2.75, 3.05) is 6.26 Å². The summed E-state index contributed by atoms with van der Waals surface area (Å²) in [5, 5.41) is 2.39. The molecule has 112 valence electrons. The molecule has 0 aliphatic heterocycles. The number of hydrogen-bond acceptors (Lipinski definition) is 4. The fourth-order valence-electron chi connectivity index (χ4n) is 2.23. The Morgan fingerprint density at radius 2 is 1.95 bits per heavy atom. The van der Waals surface area contributed by atoms with E-state index >= 15 is 0 Å². The van der Waals surface area contributed by atoms with Crippen molar-refractivity contribution < 1.29 is 0 Å². The normalized spacial score (nSPS) is 11.1. The molecule has 2 heterocycles. The molecule has 0 spiro atoms. The summed E-state index contributed by atoms with van der Waals surface area (Å²) in [6.45, 7) is 0. The third-order valence-corrected chi connectivity index (χ3v) is 4.45. The predicted molar refractivity (Wildman–Crippen MR) is 92.0 cm³/mol. The maximum atomic E-state index is 12.6. The van der Waals surface area contributed by atoms with Crippen molar-refractivity contribution in [2.45, 2.75) is 5.16 Å². The van der Waals surface area contributed by atoms with Gasteiger partial charge in [0.15, 0.2) is 5.16 Å². The van der Waals surface area contributed by atoms with Crippen LogP contribution in [-0.4, -0.2) is 20.8 Å². The van der Waals surface area contributed by atoms with Crippen LogP contribution in [0.2, 0.25) is 10.0 Å². The minimum atomic E-state index is -0.178. The lowest BCUT2D eigenvalue weighted by Gasteiger charge is -2.10. The third-order valence-electron chi connectivity index (χ3n) is 3.33. The number of benzene rings is 1. The molecule has 3 rings (SSSR count). The second kappa shape index (κ2) is 5.91. The van der Waals surface area contributed by atoms with Crippen LogP contribution in [-0.2, 0) is 7.05 Å². The first kappa shape index (κ1) is 15.3. The Labute approximate surface area is 141 Å². The van der Waals surface area contributed by atoms with Crippen LogP contribution >= 0.6 is 35.0 Å². The molecule has 0 saturated heterocycles. The molecule has 0 unspecified atom stereocenters. The molecular formula is C15H11Cl2N3OS. The second-order valence-corrected chi connectivity index (χ2v) is 6.30. The van der Waals surface area contributed by atoms with E-state index in [4.69, 9.17) is 23.2 Å². The molecule has 2 aromatic heterocycles. The van der Waals surface area contributed by atoms with E-state index < -0.39 is 0 Å². The molecule has 3 aromatic rings. The average molecular weight is 352 g/mol. The van der Waals surface area contributed by atoms with Gasteiger partial charge >= 0.3 is 0 Å². The van der Waals surface area contributed by atoms with E-state index in [1.165, 1.54) is 16.3 Å². The minimum absolute atomic E-state index is 0.178. The number of nitrogens with zero attached hydrogens (tertiary/aromatic N) is 3. The molecule has 0 bridgehead atoms. The molecule has 0 atom stereocenters. The van der Waals surface area contributed by atoms with Crippen LogP contribution in [0.15, 0.2) is 40.4 Å². The average Bonchev–Trinajstić information content (AvgIpc) is 2.53. The lowest BCUT2D eigenvalue weighted by Crippen LogP contribution is -2.20. The van der Waals surface area contributed by atoms with Crippen molar-refractivity contribution in [1.82, 2.24) is 14.5 Å². The van der Waals surface area contributed by atoms with Gasteiger partial charge < -0.3 is 0 Å². The summed E-state index contributed by atoms with van der Waals surface area (Å²) < 4.78 is 1.50. The summed E-state index contributed by atoms with van der Waals surface area (Å²) in [5.74, 6) is 0. The highest BCUT2D eigenvalue weighted by molar-refractivity contribution is 7.98. The van der Waals surface area contributed by atoms with Gasteiger partial charge in [-0.3, -0.25) is 9.36 Å². The molecule has 0 aliphatic rings. The van der Waals surface area contributed by atoms with Gasteiger partial charge in [0.25, 0.3) is 5.56 Å². The SMILES string of the molecule is CSc1ncc2cc(-c3cc(Cl)ccc3Cl)c(=O)n(C)c2n1. The van der Waals surface area contributed by atoms with Crippen LogP contribution in [0.5, 0.6) is 0 Å². The standard InChI is InChI=1S/C15H11Cl2N3OS/c1-20-13-8(7-18-15(19-13)22-2)5-11(14(20)21)10-6-9(16)3-4-12(10)17/h3-7H,1-2H3. The molecule has 0 saturated carbocycles. The van der Waals surface area contributed by atoms with Crippen molar-refractivity contribution in [1.29, 1.82) is 0 Å². The van der Waals surface area contributed by atoms with Crippen molar-refractivity contribution >= 4 is 46.0 Å². The highest BCUT2D eigenvalue weighted by Crippen LogP contribution is 2.30. The maximum Gasteiger partial charge on any atom is 0.259 e. The first-order chi connectivity index (χ1) is 10.5. The van der Waals surface area contributed by atoms with Crippen LogP contribution in [0.25, 0.3) is 22.2 Å². The van der Waals surface area contributed by atoms with Crippen LogP contribution < -0.4 is 5.56 Å². The molecule has 0 amide bonds. The predicted octanol–water partition coefficient (Wildman–Crippen LogP) is 4.02. The van der Waals surface area contributed by atoms with Crippen LogP contribution in [0.1, 0.15) is 0 Å². The smallest absolute Gasteiger partial charge is 0.259 e. The number of halogens is 2. The van der Waals surface area contributed by atoms with Gasteiger partial charge in [-0.15, -0.1) is 0 Å². The van der Waals surface area contributed by atoms with Crippen molar-refractivity contribution in [3.8, 4) is 11.1 Å². The molecule has 1 aromatic carbocycles. The number of fused-ring (bicyclic) bond motifs is 1. The van der Waals surface area contributed by atoms with E-state index in [1.54, 1.807) is 37.5 Å². The first-order valence-electron chi connectivity index (χ1n) is 6.37. The number of aromatic nitrogens is 3. The molecule has 0 fully saturated rings. The molecule has 0 aliphatic carbocycles. The van der Waals surface area contributed by atoms with Gasteiger partial charge in [0, 0.05) is 39.8 Å². The van der Waals surface area contributed by atoms with E-state index in [1.807, 2.05) is 6.26 Å². The molecule has 4 nitrogen and oxygen atoms in total. The molecule has 0 N–H and O–H groups in total. The number of hydrogen-bond donors (Lipinski definition) is 0. The monoisotopic (exact) mass is 351 g/mol. The van der Waals surface area contributed by atoms with Crippen molar-refractivity contribution in [3.05, 3.63) is 50.9 Å². The molecule has 0 radical (unpaired) electrons. The topological polar surface area (TPSA) is 47.8 Å². The summed E-state index contributed by atoms with van der Waals surface area (Å²) in [5.41, 5.74) is 1.49. The van der Waals surface area contributed by atoms with Crippen LogP contribution in [0.4, 0.5) is 0 Å². The van der Waals surface area contributed by atoms with Crippen LogP contribution in [0.3, 0.4) is 0 Å². The van der Waals surface area contributed by atoms with Gasteiger partial charge in [0.1, 0.15) is 5.65 Å². The summed E-state index contributed by atoms with van der Waals surface area (Å²) >= 11 is 13.7. The zero-order valence-electron chi connectivity index (χ0n) is 11.8. The quantitative estimate of drug-likeness (QED) is 0.516. The summed E-state index contributed by atoms with van der Waals surface area (Å²) in [4.78, 5) is 21.3. The lowest BCUT2D eigenvalue weighted by molar-refractivity contribution is 0.861. The number of pyridine rings is 1. The summed E-state index contributed by atoms with van der Waals surface area (Å²) in [7, 11) is 1.68. The van der Waals surface area contributed by atoms with E-state index in [9.17, 15) is 4.79 Å². The van der Waals surface area contributed by atoms with Crippen molar-refractivity contribution in [2.24, 2.45) is 7.05 Å². The zero-order chi connectivity index (χ0) is 15.9. The largest absolute Gasteiger partial charge is 0.295 e. The first-order valence-corrected chi connectivity index (χ1v) is 8.35. The Bertz CT molecular complexity index is 940. The Hall–Kier alpha value is -1.56. The Balaban J connectivity index is 2.34. The van der Waals surface area contributed by atoms with Gasteiger partial charge in [-0.05, 0) is 30.5 Å². The second-order valence-electron chi connectivity index (χ2n) is 4.68. The highest BCUT2D eigenvalue weighted by atomic mass is 35.5. The summed E-state index contributed by atoms with van der Waals surface area (Å²) in [6.07, 6.45) is 3.59. The van der Waals surface area contributed by atoms with Gasteiger partial charge in [-0.25, -0.2) is 9.97 Å². The van der Waals surface area contributed by atoms with E-state index in [-0.39, 0.29) is 5.56 Å². The van der Waals surface area contributed by atoms with E-state index in [2.05, 4.69) is 9.97 Å². The van der Waals surface area contributed by atoms with Gasteiger partial charge in [-0.1, -0.05) is 35.0 Å². The molecular weight excluding hydrogens is 341 g/mol. The number of thioether (sulfide) groups is 1. The maximum absolute atomic E-state index is 12.6. The fraction of sp³-hybridized carbons (Fsp3) is 0.133. The van der Waals surface area contributed by atoms with Gasteiger partial charge in [0.2, 0.25) is 0 Å².